The molecule has 2 heterocycles. The summed E-state index contributed by atoms with van der Waals surface area (Å²) in [4.78, 5) is 14.8. The number of rotatable bonds is 4. The summed E-state index contributed by atoms with van der Waals surface area (Å²) in [7, 11) is -1.44. The third kappa shape index (κ3) is 4.06. The van der Waals surface area contributed by atoms with Gasteiger partial charge in [0.25, 0.3) is 5.91 Å². The second-order valence-corrected chi connectivity index (χ2v) is 9.82. The van der Waals surface area contributed by atoms with E-state index in [1.54, 1.807) is 30.1 Å². The van der Waals surface area contributed by atoms with E-state index in [9.17, 15) is 13.2 Å². The minimum absolute atomic E-state index is 0.00165. The maximum atomic E-state index is 13.3. The lowest BCUT2D eigenvalue weighted by Crippen LogP contribution is -2.37. The molecule has 2 aromatic carbocycles. The van der Waals surface area contributed by atoms with Crippen LogP contribution >= 0.6 is 11.6 Å². The van der Waals surface area contributed by atoms with Gasteiger partial charge in [-0.05, 0) is 30.7 Å². The van der Waals surface area contributed by atoms with Crippen molar-refractivity contribution in [2.45, 2.75) is 12.5 Å². The molecule has 1 aliphatic rings. The number of benzene rings is 2. The number of hydrogen-bond donors (Lipinski definition) is 0. The van der Waals surface area contributed by atoms with E-state index in [-0.39, 0.29) is 23.5 Å². The monoisotopic (exact) mass is 429 g/mol. The molecule has 150 valence electrons. The highest BCUT2D eigenvalue weighted by molar-refractivity contribution is 7.91. The second-order valence-electron chi connectivity index (χ2n) is 7.15. The van der Waals surface area contributed by atoms with Gasteiger partial charge in [0.15, 0.2) is 9.84 Å². The van der Waals surface area contributed by atoms with Crippen LogP contribution in [0.4, 0.5) is 0 Å². The van der Waals surface area contributed by atoms with Crippen LogP contribution in [0.5, 0.6) is 0 Å². The van der Waals surface area contributed by atoms with Crippen LogP contribution in [0.3, 0.4) is 0 Å². The van der Waals surface area contributed by atoms with Crippen molar-refractivity contribution in [1.82, 2.24) is 14.7 Å². The summed E-state index contributed by atoms with van der Waals surface area (Å²) >= 11 is 6.01. The van der Waals surface area contributed by atoms with Gasteiger partial charge >= 0.3 is 0 Å². The van der Waals surface area contributed by atoms with Crippen LogP contribution in [0.25, 0.3) is 16.9 Å². The maximum Gasteiger partial charge on any atom is 0.257 e. The predicted molar refractivity (Wildman–Crippen MR) is 113 cm³/mol. The van der Waals surface area contributed by atoms with Gasteiger partial charge in [-0.3, -0.25) is 4.79 Å². The van der Waals surface area contributed by atoms with Crippen LogP contribution in [-0.2, 0) is 9.84 Å². The fraction of sp³-hybridized carbons (Fsp3) is 0.238. The Labute approximate surface area is 174 Å². The third-order valence-electron chi connectivity index (χ3n) is 5.16. The molecule has 3 aromatic rings. The van der Waals surface area contributed by atoms with Crippen molar-refractivity contribution in [3.8, 4) is 16.9 Å². The summed E-state index contributed by atoms with van der Waals surface area (Å²) in [6.45, 7) is 0. The number of nitrogens with zero attached hydrogens (tertiary/aromatic N) is 3. The number of carbonyl (C=O) groups is 1. The Morgan fingerprint density at radius 1 is 1.14 bits per heavy atom. The molecule has 0 radical (unpaired) electrons. The Hall–Kier alpha value is -2.64. The summed E-state index contributed by atoms with van der Waals surface area (Å²) in [6, 6.07) is 16.3. The molecule has 0 spiro atoms. The molecule has 1 aromatic heterocycles. The average Bonchev–Trinajstić information content (AvgIpc) is 3.32. The largest absolute Gasteiger partial charge is 0.338 e. The van der Waals surface area contributed by atoms with E-state index in [0.29, 0.717) is 22.7 Å². The Morgan fingerprint density at radius 3 is 2.45 bits per heavy atom. The molecule has 0 saturated carbocycles. The first-order valence-electron chi connectivity index (χ1n) is 9.23. The van der Waals surface area contributed by atoms with Crippen LogP contribution in [-0.4, -0.2) is 53.6 Å². The van der Waals surface area contributed by atoms with E-state index in [4.69, 9.17) is 11.6 Å². The molecule has 0 N–H and O–H groups in total. The lowest BCUT2D eigenvalue weighted by molar-refractivity contribution is 0.0748. The van der Waals surface area contributed by atoms with Gasteiger partial charge in [0.1, 0.15) is 5.69 Å². The number of sulfone groups is 1. The molecule has 1 saturated heterocycles. The molecule has 6 nitrogen and oxygen atoms in total. The number of amides is 1. The average molecular weight is 430 g/mol. The number of hydrogen-bond acceptors (Lipinski definition) is 4. The Morgan fingerprint density at radius 2 is 1.83 bits per heavy atom. The molecule has 0 aliphatic carbocycles. The van der Waals surface area contributed by atoms with Crippen molar-refractivity contribution in [2.75, 3.05) is 18.6 Å². The van der Waals surface area contributed by atoms with E-state index in [1.165, 1.54) is 4.90 Å². The van der Waals surface area contributed by atoms with E-state index in [2.05, 4.69) is 5.10 Å². The first-order chi connectivity index (χ1) is 13.8. The van der Waals surface area contributed by atoms with Crippen LogP contribution in [0, 0.1) is 0 Å². The lowest BCUT2D eigenvalue weighted by Gasteiger charge is -2.23. The molecule has 8 heteroatoms. The SMILES string of the molecule is CN(C(=O)c1cn(-c2ccccc2)nc1-c1ccc(Cl)cc1)C1CCS(=O)(=O)C1. The van der Waals surface area contributed by atoms with E-state index >= 15 is 0 Å². The van der Waals surface area contributed by atoms with Crippen molar-refractivity contribution in [3.05, 3.63) is 71.4 Å². The maximum absolute atomic E-state index is 13.3. The van der Waals surface area contributed by atoms with Gasteiger partial charge in [0, 0.05) is 29.9 Å². The van der Waals surface area contributed by atoms with E-state index in [1.807, 2.05) is 42.5 Å². The van der Waals surface area contributed by atoms with E-state index < -0.39 is 9.84 Å². The first kappa shape index (κ1) is 19.7. The molecule has 29 heavy (non-hydrogen) atoms. The molecule has 1 unspecified atom stereocenters. The summed E-state index contributed by atoms with van der Waals surface area (Å²) in [5.41, 5.74) is 2.54. The normalized spacial score (nSPS) is 17.9. The van der Waals surface area contributed by atoms with Crippen LogP contribution in [0.15, 0.2) is 60.8 Å². The zero-order chi connectivity index (χ0) is 20.6. The second kappa shape index (κ2) is 7.65. The quantitative estimate of drug-likeness (QED) is 0.636. The van der Waals surface area contributed by atoms with Crippen molar-refractivity contribution in [2.24, 2.45) is 0 Å². The summed E-state index contributed by atoms with van der Waals surface area (Å²) in [5.74, 6) is -0.139. The highest BCUT2D eigenvalue weighted by Gasteiger charge is 2.34. The summed E-state index contributed by atoms with van der Waals surface area (Å²) < 4.78 is 25.4. The number of aromatic nitrogens is 2. The van der Waals surface area contributed by atoms with Crippen LogP contribution < -0.4 is 0 Å². The lowest BCUT2D eigenvalue weighted by atomic mass is 10.1. The van der Waals surface area contributed by atoms with Gasteiger partial charge < -0.3 is 4.90 Å². The Balaban J connectivity index is 1.75. The molecule has 1 aliphatic heterocycles. The fourth-order valence-electron chi connectivity index (χ4n) is 3.50. The Bertz CT molecular complexity index is 1140. The standard InChI is InChI=1S/C21H20ClN3O3S/c1-24(18-11-12-29(27,28)14-18)21(26)19-13-25(17-5-3-2-4-6-17)23-20(19)15-7-9-16(22)10-8-15/h2-10,13,18H,11-12,14H2,1H3. The minimum atomic E-state index is -3.09. The fourth-order valence-corrected chi connectivity index (χ4v) is 5.40. The summed E-state index contributed by atoms with van der Waals surface area (Å²) in [6.07, 6.45) is 2.15. The molecule has 4 rings (SSSR count). The van der Waals surface area contributed by atoms with Crippen molar-refractivity contribution in [3.63, 3.8) is 0 Å². The predicted octanol–water partition coefficient (Wildman–Crippen LogP) is 3.45. The van der Waals surface area contributed by atoms with Crippen LogP contribution in [0.1, 0.15) is 16.8 Å². The number of para-hydroxylation sites is 1. The van der Waals surface area contributed by atoms with Gasteiger partial charge in [-0.25, -0.2) is 13.1 Å². The van der Waals surface area contributed by atoms with Crippen molar-refractivity contribution in [1.29, 1.82) is 0 Å². The van der Waals surface area contributed by atoms with Crippen molar-refractivity contribution < 1.29 is 13.2 Å². The van der Waals surface area contributed by atoms with Gasteiger partial charge in [-0.1, -0.05) is 41.9 Å². The Kier molecular flexibility index (Phi) is 5.19. The minimum Gasteiger partial charge on any atom is -0.338 e. The topological polar surface area (TPSA) is 72.3 Å². The number of halogens is 1. The first-order valence-corrected chi connectivity index (χ1v) is 11.4. The highest BCUT2D eigenvalue weighted by Crippen LogP contribution is 2.27. The van der Waals surface area contributed by atoms with Gasteiger partial charge in [0.05, 0.1) is 22.8 Å². The summed E-state index contributed by atoms with van der Waals surface area (Å²) in [5, 5.41) is 5.24. The zero-order valence-corrected chi connectivity index (χ0v) is 17.4. The van der Waals surface area contributed by atoms with Crippen molar-refractivity contribution >= 4 is 27.3 Å². The van der Waals surface area contributed by atoms with Crippen LogP contribution in [0.2, 0.25) is 5.02 Å². The molecule has 0 bridgehead atoms. The molecule has 1 amide bonds. The molecular formula is C21H20ClN3O3S. The smallest absolute Gasteiger partial charge is 0.257 e. The van der Waals surface area contributed by atoms with Gasteiger partial charge in [-0.15, -0.1) is 0 Å². The highest BCUT2D eigenvalue weighted by atomic mass is 35.5. The molecule has 1 atom stereocenters. The third-order valence-corrected chi connectivity index (χ3v) is 7.16. The number of carbonyl (C=O) groups excluding carboxylic acids is 1. The molecule has 1 fully saturated rings. The molecular weight excluding hydrogens is 410 g/mol. The zero-order valence-electron chi connectivity index (χ0n) is 15.8. The van der Waals surface area contributed by atoms with E-state index in [0.717, 1.165) is 11.3 Å². The van der Waals surface area contributed by atoms with Gasteiger partial charge in [-0.2, -0.15) is 5.10 Å². The van der Waals surface area contributed by atoms with Gasteiger partial charge in [0.2, 0.25) is 0 Å².